The molecule has 7 aromatic carbocycles. The third-order valence-electron chi connectivity index (χ3n) is 10.2. The lowest BCUT2D eigenvalue weighted by Crippen LogP contribution is -2.01. The van der Waals surface area contributed by atoms with Gasteiger partial charge in [-0.1, -0.05) is 139 Å². The molecule has 0 radical (unpaired) electrons. The molecule has 0 saturated carbocycles. The maximum atomic E-state index is 8.92. The van der Waals surface area contributed by atoms with E-state index in [-0.39, 0.29) is 23.5 Å². The second-order valence-corrected chi connectivity index (χ2v) is 14.5. The molecule has 0 spiro atoms. The minimum atomic E-state index is -0.483. The summed E-state index contributed by atoms with van der Waals surface area (Å²) < 4.78 is 47.5. The summed E-state index contributed by atoms with van der Waals surface area (Å²) in [6.45, 7) is 0. The third kappa shape index (κ3) is 5.38. The van der Waals surface area contributed by atoms with E-state index in [1.54, 1.807) is 23.7 Å². The number of hydrogen-bond acceptors (Lipinski definition) is 5. The first-order chi connectivity index (χ1) is 29.8. The number of fused-ring (bicyclic) bond motifs is 6. The standard InChI is InChI=1S/C50H31N5S/c1-4-13-33(14-5-1)38-20-12-21-41-42-30-37(55-44-22-11-10-19-39(44)40-24-23-36(29-45(40)55)32-25-27-51-28-26-32)31-43(47(42)56-46(38)41)50-53-48(34-15-6-2-7-16-34)52-49(54-50)35-17-8-3-9-18-35/h1-31H/i2D,6D,7D,15D,16D. The minimum absolute atomic E-state index is 0.00986. The van der Waals surface area contributed by atoms with Crippen molar-refractivity contribution in [3.8, 4) is 62.1 Å². The first-order valence-corrected chi connectivity index (χ1v) is 19.0. The highest BCUT2D eigenvalue weighted by atomic mass is 32.1. The molecule has 6 heteroatoms. The molecule has 0 N–H and O–H groups in total. The molecular weight excluding hydrogens is 703 g/mol. The summed E-state index contributed by atoms with van der Waals surface area (Å²) >= 11 is 1.66. The number of aromatic nitrogens is 5. The Morgan fingerprint density at radius 1 is 0.429 bits per heavy atom. The lowest BCUT2D eigenvalue weighted by molar-refractivity contribution is 1.07. The van der Waals surface area contributed by atoms with Gasteiger partial charge in [-0.3, -0.25) is 4.98 Å². The Morgan fingerprint density at radius 2 is 1.09 bits per heavy atom. The SMILES string of the molecule is [2H]c1c([2H])c([2H])c(-c2nc(-c3ccccc3)nc(-c3cc(-n4c5ccccc5c5ccc(-c6ccncc6)cc54)cc4c3sc3c(-c5ccccc5)cccc34)n2)c([2H])c1[2H]. The first kappa shape index (κ1) is 27.3. The van der Waals surface area contributed by atoms with Crippen LogP contribution in [0.1, 0.15) is 6.85 Å². The van der Waals surface area contributed by atoms with Crippen LogP contribution in [-0.4, -0.2) is 24.5 Å². The third-order valence-corrected chi connectivity index (χ3v) is 11.5. The molecule has 0 bridgehead atoms. The Balaban J connectivity index is 1.27. The van der Waals surface area contributed by atoms with Crippen LogP contribution in [0.4, 0.5) is 0 Å². The van der Waals surface area contributed by atoms with Gasteiger partial charge in [0.2, 0.25) is 0 Å². The average molecular weight is 739 g/mol. The van der Waals surface area contributed by atoms with E-state index in [0.29, 0.717) is 17.2 Å². The molecule has 4 aromatic heterocycles. The molecule has 4 heterocycles. The van der Waals surface area contributed by atoms with E-state index in [2.05, 4.69) is 94.5 Å². The van der Waals surface area contributed by atoms with Gasteiger partial charge in [0.25, 0.3) is 0 Å². The zero-order valence-corrected chi connectivity index (χ0v) is 30.5. The number of para-hydroxylation sites is 1. The summed E-state index contributed by atoms with van der Waals surface area (Å²) in [5.41, 5.74) is 8.57. The highest BCUT2D eigenvalue weighted by molar-refractivity contribution is 7.26. The molecule has 0 saturated heterocycles. The van der Waals surface area contributed by atoms with E-state index >= 15 is 0 Å². The minimum Gasteiger partial charge on any atom is -0.309 e. The average Bonchev–Trinajstić information content (AvgIpc) is 3.86. The number of thiophene rings is 1. The predicted molar refractivity (Wildman–Crippen MR) is 232 cm³/mol. The molecule has 11 aromatic rings. The maximum absolute atomic E-state index is 8.92. The van der Waals surface area contributed by atoms with Crippen molar-refractivity contribution >= 4 is 53.3 Å². The molecule has 0 aliphatic heterocycles. The van der Waals surface area contributed by atoms with Crippen LogP contribution < -0.4 is 0 Å². The summed E-state index contributed by atoms with van der Waals surface area (Å²) in [4.78, 5) is 19.2. The fourth-order valence-electron chi connectivity index (χ4n) is 7.68. The van der Waals surface area contributed by atoms with Gasteiger partial charge in [0.05, 0.1) is 17.9 Å². The number of hydrogen-bond donors (Lipinski definition) is 0. The largest absolute Gasteiger partial charge is 0.309 e. The van der Waals surface area contributed by atoms with E-state index in [4.69, 9.17) is 21.8 Å². The van der Waals surface area contributed by atoms with Crippen molar-refractivity contribution in [2.75, 3.05) is 0 Å². The van der Waals surface area contributed by atoms with Crippen LogP contribution in [0.15, 0.2) is 188 Å². The van der Waals surface area contributed by atoms with Gasteiger partial charge < -0.3 is 4.57 Å². The number of rotatable bonds is 6. The van der Waals surface area contributed by atoms with Gasteiger partial charge in [-0.25, -0.2) is 15.0 Å². The quantitative estimate of drug-likeness (QED) is 0.170. The van der Waals surface area contributed by atoms with Crippen LogP contribution >= 0.6 is 11.3 Å². The van der Waals surface area contributed by atoms with E-state index in [9.17, 15) is 0 Å². The van der Waals surface area contributed by atoms with Gasteiger partial charge in [-0.05, 0) is 58.7 Å². The molecule has 0 atom stereocenters. The molecule has 5 nitrogen and oxygen atoms in total. The van der Waals surface area contributed by atoms with Gasteiger partial charge >= 0.3 is 0 Å². The van der Waals surface area contributed by atoms with Crippen LogP contribution in [0.3, 0.4) is 0 Å². The van der Waals surface area contributed by atoms with Gasteiger partial charge in [0, 0.05) is 65.7 Å². The van der Waals surface area contributed by atoms with E-state index in [1.807, 2.05) is 60.7 Å². The number of benzene rings is 7. The van der Waals surface area contributed by atoms with Crippen molar-refractivity contribution in [2.24, 2.45) is 0 Å². The molecule has 262 valence electrons. The lowest BCUT2D eigenvalue weighted by Gasteiger charge is -2.13. The molecule has 11 rings (SSSR count). The second-order valence-electron chi connectivity index (χ2n) is 13.5. The molecular formula is C50H31N5S. The van der Waals surface area contributed by atoms with Crippen LogP contribution in [0.25, 0.3) is 104 Å². The summed E-state index contributed by atoms with van der Waals surface area (Å²) in [7, 11) is 0. The van der Waals surface area contributed by atoms with Gasteiger partial charge in [-0.15, -0.1) is 11.3 Å². The Bertz CT molecular complexity index is 3510. The van der Waals surface area contributed by atoms with Gasteiger partial charge in [-0.2, -0.15) is 0 Å². The van der Waals surface area contributed by atoms with Crippen LogP contribution in [-0.2, 0) is 0 Å². The van der Waals surface area contributed by atoms with E-state index in [0.717, 1.165) is 75.5 Å². The Morgan fingerprint density at radius 3 is 1.89 bits per heavy atom. The monoisotopic (exact) mass is 738 g/mol. The lowest BCUT2D eigenvalue weighted by atomic mass is 10.0. The maximum Gasteiger partial charge on any atom is 0.165 e. The van der Waals surface area contributed by atoms with E-state index < -0.39 is 18.1 Å². The van der Waals surface area contributed by atoms with Gasteiger partial charge in [0.1, 0.15) is 0 Å². The Labute approximate surface area is 333 Å². The molecule has 0 fully saturated rings. The molecule has 56 heavy (non-hydrogen) atoms. The highest BCUT2D eigenvalue weighted by Gasteiger charge is 2.22. The van der Waals surface area contributed by atoms with E-state index in [1.165, 1.54) is 0 Å². The number of pyridine rings is 1. The smallest absolute Gasteiger partial charge is 0.165 e. The van der Waals surface area contributed by atoms with Crippen LogP contribution in [0, 0.1) is 0 Å². The van der Waals surface area contributed by atoms with Crippen molar-refractivity contribution in [2.45, 2.75) is 0 Å². The summed E-state index contributed by atoms with van der Waals surface area (Å²) in [5, 5.41) is 4.29. The molecule has 0 aliphatic rings. The van der Waals surface area contributed by atoms with Crippen molar-refractivity contribution in [3.05, 3.63) is 188 Å². The normalized spacial score (nSPS) is 12.8. The van der Waals surface area contributed by atoms with Crippen LogP contribution in [0.5, 0.6) is 0 Å². The first-order valence-electron chi connectivity index (χ1n) is 20.7. The fraction of sp³-hybridized carbons (Fsp3) is 0. The topological polar surface area (TPSA) is 56.5 Å². The summed E-state index contributed by atoms with van der Waals surface area (Å²) in [6.07, 6.45) is 3.61. The summed E-state index contributed by atoms with van der Waals surface area (Å²) in [5.74, 6) is 0.619. The summed E-state index contributed by atoms with van der Waals surface area (Å²) in [6, 6.07) is 47.4. The number of nitrogens with zero attached hydrogens (tertiary/aromatic N) is 5. The Hall–Kier alpha value is -7.28. The highest BCUT2D eigenvalue weighted by Crippen LogP contribution is 2.46. The zero-order chi connectivity index (χ0) is 41.4. The van der Waals surface area contributed by atoms with Crippen molar-refractivity contribution in [1.29, 1.82) is 0 Å². The predicted octanol–water partition coefficient (Wildman–Crippen LogP) is 13.1. The molecule has 0 unspecified atom stereocenters. The second kappa shape index (κ2) is 13.2. The molecule has 0 amide bonds. The van der Waals surface area contributed by atoms with Crippen molar-refractivity contribution < 1.29 is 6.85 Å². The fourth-order valence-corrected chi connectivity index (χ4v) is 9.01. The van der Waals surface area contributed by atoms with Crippen LogP contribution in [0.2, 0.25) is 0 Å². The molecule has 0 aliphatic carbocycles. The van der Waals surface area contributed by atoms with Crippen molar-refractivity contribution in [1.82, 2.24) is 24.5 Å². The van der Waals surface area contributed by atoms with Gasteiger partial charge in [0.15, 0.2) is 17.5 Å². The zero-order valence-electron chi connectivity index (χ0n) is 34.7. The van der Waals surface area contributed by atoms with Crippen molar-refractivity contribution in [3.63, 3.8) is 0 Å². The Kier molecular flexibility index (Phi) is 6.46.